The maximum Gasteiger partial charge on any atom is 0.354 e. The van der Waals surface area contributed by atoms with E-state index in [0.717, 1.165) is 29.4 Å². The Balaban J connectivity index is 1.73. The summed E-state index contributed by atoms with van der Waals surface area (Å²) in [4.78, 5) is 18.7. The lowest BCUT2D eigenvalue weighted by atomic mass is 10.4. The van der Waals surface area contributed by atoms with Gasteiger partial charge in [0.05, 0.1) is 12.1 Å². The third kappa shape index (κ3) is 3.90. The number of aryl methyl sites for hydroxylation is 1. The lowest BCUT2D eigenvalue weighted by Crippen LogP contribution is -2.17. The van der Waals surface area contributed by atoms with E-state index in [2.05, 4.69) is 25.4 Å². The number of aromatic amines is 1. The number of thiazole rings is 1. The minimum atomic E-state index is -0.343. The van der Waals surface area contributed by atoms with E-state index in [1.165, 1.54) is 7.11 Å². The highest BCUT2D eigenvalue weighted by molar-refractivity contribution is 7.09. The van der Waals surface area contributed by atoms with Crippen molar-refractivity contribution < 1.29 is 9.53 Å². The van der Waals surface area contributed by atoms with E-state index in [4.69, 9.17) is 0 Å². The molecule has 0 aliphatic rings. The molecule has 0 unspecified atom stereocenters. The molecule has 0 aliphatic carbocycles. The molecule has 0 bridgehead atoms. The Morgan fingerprint density at radius 2 is 2.37 bits per heavy atom. The van der Waals surface area contributed by atoms with E-state index in [1.807, 2.05) is 13.0 Å². The van der Waals surface area contributed by atoms with E-state index in [9.17, 15) is 4.79 Å². The second-order valence-corrected chi connectivity index (χ2v) is 5.14. The van der Waals surface area contributed by atoms with Crippen molar-refractivity contribution in [2.24, 2.45) is 0 Å². The first-order valence-electron chi connectivity index (χ1n) is 6.07. The summed E-state index contributed by atoms with van der Waals surface area (Å²) in [7, 11) is 1.37. The van der Waals surface area contributed by atoms with Crippen LogP contribution in [0, 0.1) is 6.92 Å². The van der Waals surface area contributed by atoms with Crippen LogP contribution in [0.25, 0.3) is 0 Å². The highest BCUT2D eigenvalue weighted by Crippen LogP contribution is 2.08. The van der Waals surface area contributed by atoms with E-state index in [1.54, 1.807) is 17.4 Å². The molecule has 0 spiro atoms. The van der Waals surface area contributed by atoms with Gasteiger partial charge in [-0.15, -0.1) is 11.3 Å². The van der Waals surface area contributed by atoms with E-state index >= 15 is 0 Å². The molecule has 0 atom stereocenters. The van der Waals surface area contributed by atoms with Gasteiger partial charge in [0, 0.05) is 36.3 Å². The molecule has 0 amide bonds. The van der Waals surface area contributed by atoms with Crippen LogP contribution in [0.5, 0.6) is 0 Å². The third-order valence-corrected chi connectivity index (χ3v) is 3.68. The highest BCUT2D eigenvalue weighted by atomic mass is 32.1. The summed E-state index contributed by atoms with van der Waals surface area (Å²) in [5.74, 6) is -0.343. The van der Waals surface area contributed by atoms with Crippen LogP contribution in [-0.2, 0) is 17.7 Å². The summed E-state index contributed by atoms with van der Waals surface area (Å²) in [5, 5.41) is 6.52. The van der Waals surface area contributed by atoms with Crippen molar-refractivity contribution in [3.05, 3.63) is 39.6 Å². The molecule has 0 saturated carbocycles. The number of esters is 1. The van der Waals surface area contributed by atoms with Gasteiger partial charge in [-0.1, -0.05) is 0 Å². The first-order valence-corrected chi connectivity index (χ1v) is 6.95. The number of carbonyl (C=O) groups excluding carboxylic acids is 1. The number of nitrogens with one attached hydrogen (secondary N) is 2. The summed E-state index contributed by atoms with van der Waals surface area (Å²) in [6.07, 6.45) is 0.920. The van der Waals surface area contributed by atoms with Gasteiger partial charge in [0.1, 0.15) is 5.69 Å². The second-order valence-electron chi connectivity index (χ2n) is 4.20. The van der Waals surface area contributed by atoms with E-state index < -0.39 is 0 Å². The zero-order valence-corrected chi connectivity index (χ0v) is 11.8. The normalized spacial score (nSPS) is 10.6. The zero-order valence-electron chi connectivity index (χ0n) is 11.0. The second kappa shape index (κ2) is 6.49. The zero-order chi connectivity index (χ0) is 13.7. The fourth-order valence-electron chi connectivity index (χ4n) is 1.71. The van der Waals surface area contributed by atoms with E-state index in [-0.39, 0.29) is 5.97 Å². The molecule has 2 aromatic rings. The van der Waals surface area contributed by atoms with Crippen molar-refractivity contribution >= 4 is 17.3 Å². The summed E-state index contributed by atoms with van der Waals surface area (Å²) in [6, 6.07) is 3.61. The number of hydrogen-bond donors (Lipinski definition) is 2. The predicted octanol–water partition coefficient (Wildman–Crippen LogP) is 1.90. The van der Waals surface area contributed by atoms with Crippen molar-refractivity contribution in [3.8, 4) is 0 Å². The van der Waals surface area contributed by atoms with Crippen LogP contribution in [-0.4, -0.2) is 29.6 Å². The predicted molar refractivity (Wildman–Crippen MR) is 74.4 cm³/mol. The van der Waals surface area contributed by atoms with Gasteiger partial charge >= 0.3 is 5.97 Å². The lowest BCUT2D eigenvalue weighted by molar-refractivity contribution is 0.0594. The number of H-pyrrole nitrogens is 1. The molecule has 2 heterocycles. The molecular weight excluding hydrogens is 262 g/mol. The standard InChI is InChI=1S/C13H17N3O2S/c1-9-8-19-12(15-9)5-6-14-7-10-3-4-11(16-10)13(17)18-2/h3-4,8,14,16H,5-7H2,1-2H3. The Bertz CT molecular complexity index is 548. The van der Waals surface area contributed by atoms with Gasteiger partial charge in [0.15, 0.2) is 0 Å². The SMILES string of the molecule is COC(=O)c1ccc(CNCCc2nc(C)cs2)[nH]1. The topological polar surface area (TPSA) is 67.0 Å². The van der Waals surface area contributed by atoms with Gasteiger partial charge in [-0.05, 0) is 19.1 Å². The van der Waals surface area contributed by atoms with E-state index in [0.29, 0.717) is 12.2 Å². The third-order valence-electron chi connectivity index (χ3n) is 2.65. The van der Waals surface area contributed by atoms with Gasteiger partial charge in [-0.25, -0.2) is 9.78 Å². The fourth-order valence-corrected chi connectivity index (χ4v) is 2.48. The van der Waals surface area contributed by atoms with Crippen LogP contribution in [0.15, 0.2) is 17.5 Å². The average Bonchev–Trinajstić information content (AvgIpc) is 3.03. The summed E-state index contributed by atoms with van der Waals surface area (Å²) in [6.45, 7) is 3.56. The van der Waals surface area contributed by atoms with Gasteiger partial charge < -0.3 is 15.0 Å². The maximum atomic E-state index is 11.3. The van der Waals surface area contributed by atoms with Gasteiger partial charge in [0.25, 0.3) is 0 Å². The quantitative estimate of drug-likeness (QED) is 0.626. The first-order chi connectivity index (χ1) is 9.19. The molecule has 19 heavy (non-hydrogen) atoms. The molecule has 2 N–H and O–H groups in total. The maximum absolute atomic E-state index is 11.3. The van der Waals surface area contributed by atoms with Crippen molar-refractivity contribution in [1.29, 1.82) is 0 Å². The molecule has 2 aromatic heterocycles. The Morgan fingerprint density at radius 3 is 3.05 bits per heavy atom. The van der Waals surface area contributed by atoms with Gasteiger partial charge in [0.2, 0.25) is 0 Å². The Morgan fingerprint density at radius 1 is 1.53 bits per heavy atom. The molecule has 5 nitrogen and oxygen atoms in total. The molecule has 102 valence electrons. The lowest BCUT2D eigenvalue weighted by Gasteiger charge is -2.01. The number of carbonyl (C=O) groups is 1. The van der Waals surface area contributed by atoms with Crippen LogP contribution in [0.2, 0.25) is 0 Å². The number of rotatable bonds is 6. The monoisotopic (exact) mass is 279 g/mol. The number of methoxy groups -OCH3 is 1. The number of nitrogens with zero attached hydrogens (tertiary/aromatic N) is 1. The fraction of sp³-hybridized carbons (Fsp3) is 0.385. The van der Waals surface area contributed by atoms with Gasteiger partial charge in [-0.2, -0.15) is 0 Å². The van der Waals surface area contributed by atoms with Crippen LogP contribution >= 0.6 is 11.3 Å². The molecule has 2 rings (SSSR count). The first kappa shape index (κ1) is 13.8. The summed E-state index contributed by atoms with van der Waals surface area (Å²) < 4.78 is 4.64. The van der Waals surface area contributed by atoms with Crippen LogP contribution in [0.1, 0.15) is 26.9 Å². The average molecular weight is 279 g/mol. The molecule has 0 fully saturated rings. The number of aromatic nitrogens is 2. The van der Waals surface area contributed by atoms with Crippen LogP contribution < -0.4 is 5.32 Å². The largest absolute Gasteiger partial charge is 0.464 e. The van der Waals surface area contributed by atoms with Gasteiger partial charge in [-0.3, -0.25) is 0 Å². The summed E-state index contributed by atoms with van der Waals surface area (Å²) in [5.41, 5.74) is 2.53. The Labute approximate surface area is 116 Å². The number of ether oxygens (including phenoxy) is 1. The molecule has 0 saturated heterocycles. The molecule has 0 radical (unpaired) electrons. The van der Waals surface area contributed by atoms with Crippen LogP contribution in [0.4, 0.5) is 0 Å². The smallest absolute Gasteiger partial charge is 0.354 e. The Kier molecular flexibility index (Phi) is 4.70. The molecule has 6 heteroatoms. The Hall–Kier alpha value is -1.66. The van der Waals surface area contributed by atoms with Crippen LogP contribution in [0.3, 0.4) is 0 Å². The minimum absolute atomic E-state index is 0.343. The summed E-state index contributed by atoms with van der Waals surface area (Å²) >= 11 is 1.69. The highest BCUT2D eigenvalue weighted by Gasteiger charge is 2.07. The van der Waals surface area contributed by atoms with Crippen molar-refractivity contribution in [3.63, 3.8) is 0 Å². The van der Waals surface area contributed by atoms with Crippen molar-refractivity contribution in [2.45, 2.75) is 19.9 Å². The van der Waals surface area contributed by atoms with Crippen molar-refractivity contribution in [2.75, 3.05) is 13.7 Å². The molecule has 0 aromatic carbocycles. The minimum Gasteiger partial charge on any atom is -0.464 e. The van der Waals surface area contributed by atoms with Crippen molar-refractivity contribution in [1.82, 2.24) is 15.3 Å². The molecular formula is C13H17N3O2S. The number of hydrogen-bond acceptors (Lipinski definition) is 5. The molecule has 0 aliphatic heterocycles.